The van der Waals surface area contributed by atoms with Crippen LogP contribution in [-0.2, 0) is 0 Å². The third-order valence-electron chi connectivity index (χ3n) is 0.932. The highest BCUT2D eigenvalue weighted by Gasteiger charge is 2.24. The van der Waals surface area contributed by atoms with Crippen molar-refractivity contribution in [3.8, 4) is 0 Å². The minimum Gasteiger partial charge on any atom is -0.300 e. The number of nitrogens with one attached hydrogen (secondary N) is 1. The van der Waals surface area contributed by atoms with Crippen molar-refractivity contribution in [2.24, 2.45) is 0 Å². The van der Waals surface area contributed by atoms with E-state index < -0.39 is 5.37 Å². The fraction of sp³-hybridized carbons (Fsp3) is 1.00. The number of thioether (sulfide) groups is 1. The highest BCUT2D eigenvalue weighted by molar-refractivity contribution is 7.99. The molecule has 0 bridgehead atoms. The van der Waals surface area contributed by atoms with Crippen LogP contribution in [0.5, 0.6) is 0 Å². The predicted molar refractivity (Wildman–Crippen MR) is 31.2 cm³/mol. The minimum atomic E-state index is -0.407. The number of nitrogens with zero attached hydrogens (tertiary/aromatic N) is 1. The smallest absolute Gasteiger partial charge is 0.271 e. The van der Waals surface area contributed by atoms with Crippen LogP contribution in [0.3, 0.4) is 0 Å². The third-order valence-corrected chi connectivity index (χ3v) is 2.03. The average molecular weight is 134 g/mol. The van der Waals surface area contributed by atoms with E-state index in [0.29, 0.717) is 12.4 Å². The van der Waals surface area contributed by atoms with Gasteiger partial charge in [-0.25, -0.2) is 0 Å². The van der Waals surface area contributed by atoms with Gasteiger partial charge in [-0.2, -0.15) is 0 Å². The molecule has 1 N–H and O–H groups in total. The molecule has 5 heteroatoms. The molecule has 1 rings (SSSR count). The first-order valence-corrected chi connectivity index (χ1v) is 3.31. The first-order chi connectivity index (χ1) is 3.80. The Balaban J connectivity index is 2.35. The Morgan fingerprint density at radius 2 is 2.62 bits per heavy atom. The lowest BCUT2D eigenvalue weighted by Crippen LogP contribution is -2.20. The lowest BCUT2D eigenvalue weighted by atomic mass is 10.6. The van der Waals surface area contributed by atoms with Gasteiger partial charge >= 0.3 is 0 Å². The molecule has 0 aliphatic carbocycles. The Hall–Kier alpha value is -0.290. The van der Waals surface area contributed by atoms with Crippen LogP contribution in [0.15, 0.2) is 0 Å². The van der Waals surface area contributed by atoms with Crippen molar-refractivity contribution in [2.75, 3.05) is 12.4 Å². The van der Waals surface area contributed by atoms with Gasteiger partial charge < -0.3 is 5.32 Å². The highest BCUT2D eigenvalue weighted by Crippen LogP contribution is 2.13. The zero-order valence-corrected chi connectivity index (χ0v) is 4.98. The van der Waals surface area contributed by atoms with Crippen molar-refractivity contribution >= 4 is 11.8 Å². The second-order valence-electron chi connectivity index (χ2n) is 1.51. The van der Waals surface area contributed by atoms with Crippen molar-refractivity contribution in [1.29, 1.82) is 0 Å². The maximum Gasteiger partial charge on any atom is 0.271 e. The summed E-state index contributed by atoms with van der Waals surface area (Å²) in [6.07, 6.45) is 0. The molecule has 0 spiro atoms. The lowest BCUT2D eigenvalue weighted by Gasteiger charge is -1.93. The second-order valence-corrected chi connectivity index (χ2v) is 2.67. The van der Waals surface area contributed by atoms with Crippen LogP contribution >= 0.6 is 11.8 Å². The van der Waals surface area contributed by atoms with Crippen molar-refractivity contribution in [1.82, 2.24) is 5.32 Å². The monoisotopic (exact) mass is 134 g/mol. The van der Waals surface area contributed by atoms with Crippen molar-refractivity contribution < 1.29 is 4.92 Å². The van der Waals surface area contributed by atoms with Gasteiger partial charge in [-0.15, -0.1) is 0 Å². The standard InChI is InChI=1S/C3H6N2O2S/c6-5(7)3-1-4-2-8-3/h3-4H,1-2H2. The van der Waals surface area contributed by atoms with E-state index in [1.807, 2.05) is 0 Å². The topological polar surface area (TPSA) is 55.2 Å². The van der Waals surface area contributed by atoms with Crippen molar-refractivity contribution in [3.05, 3.63) is 10.1 Å². The van der Waals surface area contributed by atoms with Crippen LogP contribution in [0.1, 0.15) is 0 Å². The molecule has 0 aromatic heterocycles. The molecular formula is C3H6N2O2S. The van der Waals surface area contributed by atoms with E-state index in [4.69, 9.17) is 0 Å². The third kappa shape index (κ3) is 1.10. The molecule has 0 aromatic carbocycles. The molecule has 0 radical (unpaired) electrons. The van der Waals surface area contributed by atoms with Crippen molar-refractivity contribution in [2.45, 2.75) is 5.37 Å². The van der Waals surface area contributed by atoms with Crippen molar-refractivity contribution in [3.63, 3.8) is 0 Å². The Labute approximate surface area is 50.8 Å². The van der Waals surface area contributed by atoms with Gasteiger partial charge in [0.2, 0.25) is 0 Å². The summed E-state index contributed by atoms with van der Waals surface area (Å²) in [4.78, 5) is 9.69. The lowest BCUT2D eigenvalue weighted by molar-refractivity contribution is -0.491. The molecule has 1 fully saturated rings. The number of nitro groups is 1. The van der Waals surface area contributed by atoms with Gasteiger partial charge in [0.05, 0.1) is 6.54 Å². The molecular weight excluding hydrogens is 128 g/mol. The Morgan fingerprint density at radius 3 is 2.88 bits per heavy atom. The van der Waals surface area contributed by atoms with E-state index in [-0.39, 0.29) is 4.92 Å². The van der Waals surface area contributed by atoms with Gasteiger partial charge in [0, 0.05) is 10.8 Å². The number of hydrogen-bond acceptors (Lipinski definition) is 4. The summed E-state index contributed by atoms with van der Waals surface area (Å²) in [6.45, 7) is 0.512. The Bertz CT molecular complexity index is 101. The Kier molecular flexibility index (Phi) is 1.69. The van der Waals surface area contributed by atoms with E-state index >= 15 is 0 Å². The zero-order chi connectivity index (χ0) is 5.98. The zero-order valence-electron chi connectivity index (χ0n) is 4.16. The summed E-state index contributed by atoms with van der Waals surface area (Å²) in [5.74, 6) is 0.714. The SMILES string of the molecule is O=[N+]([O-])C1CNCS1. The highest BCUT2D eigenvalue weighted by atomic mass is 32.2. The molecule has 1 saturated heterocycles. The Morgan fingerprint density at radius 1 is 1.88 bits per heavy atom. The quantitative estimate of drug-likeness (QED) is 0.401. The van der Waals surface area contributed by atoms with Crippen LogP contribution in [0.4, 0.5) is 0 Å². The van der Waals surface area contributed by atoms with Crippen LogP contribution in [-0.4, -0.2) is 22.7 Å². The molecule has 0 saturated carbocycles. The van der Waals surface area contributed by atoms with E-state index in [9.17, 15) is 10.1 Å². The molecule has 1 unspecified atom stereocenters. The van der Waals surface area contributed by atoms with E-state index in [1.54, 1.807) is 0 Å². The molecule has 1 aliphatic heterocycles. The van der Waals surface area contributed by atoms with Gasteiger partial charge in [-0.05, 0) is 0 Å². The van der Waals surface area contributed by atoms with E-state index in [0.717, 1.165) is 0 Å². The summed E-state index contributed by atoms with van der Waals surface area (Å²) < 4.78 is 0. The maximum atomic E-state index is 9.95. The predicted octanol–water partition coefficient (Wildman–Crippen LogP) is -0.117. The molecule has 0 amide bonds. The summed E-state index contributed by atoms with van der Waals surface area (Å²) in [6, 6.07) is 0. The molecule has 4 nitrogen and oxygen atoms in total. The summed E-state index contributed by atoms with van der Waals surface area (Å²) in [7, 11) is 0. The average Bonchev–Trinajstić information content (AvgIpc) is 2.12. The molecule has 1 aliphatic rings. The van der Waals surface area contributed by atoms with Gasteiger partial charge in [0.15, 0.2) is 0 Å². The van der Waals surface area contributed by atoms with Crippen LogP contribution in [0, 0.1) is 10.1 Å². The molecule has 1 heterocycles. The maximum absolute atomic E-state index is 9.95. The molecule has 8 heavy (non-hydrogen) atoms. The van der Waals surface area contributed by atoms with E-state index in [2.05, 4.69) is 5.32 Å². The molecule has 46 valence electrons. The largest absolute Gasteiger partial charge is 0.300 e. The fourth-order valence-electron chi connectivity index (χ4n) is 0.532. The van der Waals surface area contributed by atoms with Gasteiger partial charge in [-0.3, -0.25) is 10.1 Å². The first-order valence-electron chi connectivity index (χ1n) is 2.26. The fourth-order valence-corrected chi connectivity index (χ4v) is 1.32. The minimum absolute atomic E-state index is 0.259. The van der Waals surface area contributed by atoms with E-state index in [1.165, 1.54) is 11.8 Å². The van der Waals surface area contributed by atoms with Gasteiger partial charge in [0.1, 0.15) is 0 Å². The first kappa shape index (κ1) is 5.84. The summed E-state index contributed by atoms with van der Waals surface area (Å²) in [5, 5.41) is 12.4. The number of rotatable bonds is 1. The summed E-state index contributed by atoms with van der Waals surface area (Å²) >= 11 is 1.34. The van der Waals surface area contributed by atoms with Crippen LogP contribution in [0.2, 0.25) is 0 Å². The molecule has 0 aromatic rings. The normalized spacial score (nSPS) is 28.2. The van der Waals surface area contributed by atoms with Crippen LogP contribution < -0.4 is 5.32 Å². The van der Waals surface area contributed by atoms with Crippen LogP contribution in [0.25, 0.3) is 0 Å². The number of hydrogen-bond donors (Lipinski definition) is 1. The summed E-state index contributed by atoms with van der Waals surface area (Å²) in [5.41, 5.74) is 0. The second kappa shape index (κ2) is 2.32. The van der Waals surface area contributed by atoms with Gasteiger partial charge in [-0.1, -0.05) is 11.8 Å². The molecule has 1 atom stereocenters. The van der Waals surface area contributed by atoms with Gasteiger partial charge in [0.25, 0.3) is 5.37 Å².